The number of benzene rings is 2. The summed E-state index contributed by atoms with van der Waals surface area (Å²) >= 11 is 11.7. The van der Waals surface area contributed by atoms with E-state index in [0.29, 0.717) is 11.1 Å². The zero-order valence-electron chi connectivity index (χ0n) is 13.2. The molecule has 0 aromatic heterocycles. The average molecular weight is 406 g/mol. The number of rotatable bonds is 4. The first-order valence-electron chi connectivity index (χ1n) is 7.22. The van der Waals surface area contributed by atoms with Crippen molar-refractivity contribution >= 4 is 40.8 Å². The fourth-order valence-corrected chi connectivity index (χ4v) is 2.39. The van der Waals surface area contributed by atoms with Crippen LogP contribution in [-0.4, -0.2) is 18.0 Å². The van der Waals surface area contributed by atoms with Crippen LogP contribution < -0.4 is 5.32 Å². The lowest BCUT2D eigenvalue weighted by Crippen LogP contribution is -2.30. The number of carbonyl (C=O) groups excluding carboxylic acids is 2. The maximum Gasteiger partial charge on any atom is 0.416 e. The number of nitrogens with one attached hydrogen (secondary N) is 1. The molecule has 1 atom stereocenters. The van der Waals surface area contributed by atoms with Gasteiger partial charge in [0.25, 0.3) is 5.91 Å². The third-order valence-corrected chi connectivity index (χ3v) is 3.82. The van der Waals surface area contributed by atoms with Gasteiger partial charge < -0.3 is 10.1 Å². The lowest BCUT2D eigenvalue weighted by Gasteiger charge is -2.15. The highest BCUT2D eigenvalue weighted by molar-refractivity contribution is 6.36. The Labute approximate surface area is 156 Å². The number of hydrogen-bond acceptors (Lipinski definition) is 3. The molecule has 1 N–H and O–H groups in total. The van der Waals surface area contributed by atoms with Crippen LogP contribution >= 0.6 is 23.2 Å². The molecule has 0 heterocycles. The van der Waals surface area contributed by atoms with E-state index >= 15 is 0 Å². The molecular formula is C17H12Cl2F3NO3. The summed E-state index contributed by atoms with van der Waals surface area (Å²) in [5.41, 5.74) is -1.05. The van der Waals surface area contributed by atoms with Crippen molar-refractivity contribution in [3.05, 3.63) is 63.6 Å². The summed E-state index contributed by atoms with van der Waals surface area (Å²) < 4.78 is 43.0. The largest absolute Gasteiger partial charge is 0.449 e. The van der Waals surface area contributed by atoms with Gasteiger partial charge in [-0.15, -0.1) is 0 Å². The molecule has 0 saturated heterocycles. The van der Waals surface area contributed by atoms with Gasteiger partial charge in [0.2, 0.25) is 0 Å². The van der Waals surface area contributed by atoms with Gasteiger partial charge in [0.1, 0.15) is 0 Å². The number of alkyl halides is 3. The number of halogens is 5. The van der Waals surface area contributed by atoms with Crippen molar-refractivity contribution in [2.75, 3.05) is 5.32 Å². The second-order valence-corrected chi connectivity index (χ2v) is 6.08. The second kappa shape index (κ2) is 7.97. The average Bonchev–Trinajstić information content (AvgIpc) is 2.56. The zero-order valence-corrected chi connectivity index (χ0v) is 14.7. The van der Waals surface area contributed by atoms with Crippen LogP contribution in [0.25, 0.3) is 0 Å². The molecule has 2 aromatic carbocycles. The molecule has 138 valence electrons. The van der Waals surface area contributed by atoms with E-state index in [1.807, 2.05) is 0 Å². The molecular weight excluding hydrogens is 394 g/mol. The van der Waals surface area contributed by atoms with Crippen molar-refractivity contribution < 1.29 is 27.5 Å². The van der Waals surface area contributed by atoms with Gasteiger partial charge in [-0.25, -0.2) is 4.79 Å². The fraction of sp³-hybridized carbons (Fsp3) is 0.176. The molecule has 0 fully saturated rings. The minimum absolute atomic E-state index is 0.183. The Bertz CT molecular complexity index is 840. The standard InChI is InChI=1S/C17H12Cl2F3NO3/c1-9(15(24)23-14-6-5-12(18)8-13(14)19)26-16(25)10-3-2-4-11(7-10)17(20,21)22/h2-9H,1H3,(H,23,24). The Kier molecular flexibility index (Phi) is 6.15. The molecule has 0 aliphatic carbocycles. The van der Waals surface area contributed by atoms with Crippen LogP contribution in [-0.2, 0) is 15.7 Å². The summed E-state index contributed by atoms with van der Waals surface area (Å²) in [6, 6.07) is 8.11. The van der Waals surface area contributed by atoms with Gasteiger partial charge in [-0.05, 0) is 43.3 Å². The van der Waals surface area contributed by atoms with Crippen LogP contribution in [0, 0.1) is 0 Å². The molecule has 2 aromatic rings. The second-order valence-electron chi connectivity index (χ2n) is 5.24. The Morgan fingerprint density at radius 2 is 1.81 bits per heavy atom. The van der Waals surface area contributed by atoms with Gasteiger partial charge >= 0.3 is 12.1 Å². The Morgan fingerprint density at radius 1 is 1.12 bits per heavy atom. The maximum atomic E-state index is 12.7. The van der Waals surface area contributed by atoms with Crippen molar-refractivity contribution in [2.45, 2.75) is 19.2 Å². The van der Waals surface area contributed by atoms with E-state index in [-0.39, 0.29) is 16.3 Å². The quantitative estimate of drug-likeness (QED) is 0.711. The summed E-state index contributed by atoms with van der Waals surface area (Å²) in [6.45, 7) is 1.28. The van der Waals surface area contributed by atoms with E-state index in [1.165, 1.54) is 25.1 Å². The van der Waals surface area contributed by atoms with E-state index in [9.17, 15) is 22.8 Å². The third-order valence-electron chi connectivity index (χ3n) is 3.27. The van der Waals surface area contributed by atoms with Crippen LogP contribution in [0.5, 0.6) is 0 Å². The lowest BCUT2D eigenvalue weighted by molar-refractivity contribution is -0.137. The van der Waals surface area contributed by atoms with Crippen LogP contribution in [0.4, 0.5) is 18.9 Å². The zero-order chi connectivity index (χ0) is 19.5. The normalized spacial score (nSPS) is 12.4. The molecule has 0 radical (unpaired) electrons. The molecule has 4 nitrogen and oxygen atoms in total. The highest BCUT2D eigenvalue weighted by Crippen LogP contribution is 2.30. The molecule has 2 rings (SSSR count). The highest BCUT2D eigenvalue weighted by Gasteiger charge is 2.31. The highest BCUT2D eigenvalue weighted by atomic mass is 35.5. The maximum absolute atomic E-state index is 12.7. The number of esters is 1. The molecule has 1 amide bonds. The number of hydrogen-bond donors (Lipinski definition) is 1. The Morgan fingerprint density at radius 3 is 2.42 bits per heavy atom. The first-order valence-corrected chi connectivity index (χ1v) is 7.97. The summed E-state index contributed by atoms with van der Waals surface area (Å²) in [5.74, 6) is -1.75. The lowest BCUT2D eigenvalue weighted by atomic mass is 10.1. The van der Waals surface area contributed by atoms with Crippen LogP contribution in [0.15, 0.2) is 42.5 Å². The number of anilines is 1. The molecule has 0 bridgehead atoms. The summed E-state index contributed by atoms with van der Waals surface area (Å²) in [5, 5.41) is 3.00. The monoisotopic (exact) mass is 405 g/mol. The molecule has 0 aliphatic rings. The van der Waals surface area contributed by atoms with Crippen LogP contribution in [0.3, 0.4) is 0 Å². The van der Waals surface area contributed by atoms with E-state index in [1.54, 1.807) is 0 Å². The third kappa shape index (κ3) is 5.12. The molecule has 0 aliphatic heterocycles. The van der Waals surface area contributed by atoms with Crippen LogP contribution in [0.1, 0.15) is 22.8 Å². The van der Waals surface area contributed by atoms with Gasteiger partial charge in [0, 0.05) is 5.02 Å². The SMILES string of the molecule is CC(OC(=O)c1cccc(C(F)(F)F)c1)C(=O)Nc1ccc(Cl)cc1Cl. The molecule has 0 saturated carbocycles. The van der Waals surface area contributed by atoms with Gasteiger partial charge in [-0.3, -0.25) is 4.79 Å². The molecule has 26 heavy (non-hydrogen) atoms. The van der Waals surface area contributed by atoms with E-state index in [2.05, 4.69) is 5.32 Å². The van der Waals surface area contributed by atoms with Gasteiger partial charge in [-0.1, -0.05) is 29.3 Å². The Hall–Kier alpha value is -2.25. The minimum atomic E-state index is -4.59. The van der Waals surface area contributed by atoms with Crippen molar-refractivity contribution in [3.63, 3.8) is 0 Å². The van der Waals surface area contributed by atoms with Crippen molar-refractivity contribution in [3.8, 4) is 0 Å². The summed E-state index contributed by atoms with van der Waals surface area (Å²) in [7, 11) is 0. The predicted octanol–water partition coefficient (Wildman–Crippen LogP) is 5.20. The van der Waals surface area contributed by atoms with Gasteiger partial charge in [-0.2, -0.15) is 13.2 Å². The topological polar surface area (TPSA) is 55.4 Å². The van der Waals surface area contributed by atoms with Gasteiger partial charge in [0.15, 0.2) is 6.10 Å². The van der Waals surface area contributed by atoms with Crippen LogP contribution in [0.2, 0.25) is 10.0 Å². The predicted molar refractivity (Wildman–Crippen MR) is 91.4 cm³/mol. The van der Waals surface area contributed by atoms with Crippen molar-refractivity contribution in [1.82, 2.24) is 0 Å². The summed E-state index contributed by atoms with van der Waals surface area (Å²) in [4.78, 5) is 24.1. The van der Waals surface area contributed by atoms with E-state index in [4.69, 9.17) is 27.9 Å². The van der Waals surface area contributed by atoms with Gasteiger partial charge in [0.05, 0.1) is 21.8 Å². The number of amides is 1. The van der Waals surface area contributed by atoms with E-state index < -0.39 is 29.7 Å². The smallest absolute Gasteiger partial charge is 0.416 e. The molecule has 9 heteroatoms. The number of ether oxygens (including phenoxy) is 1. The molecule has 1 unspecified atom stereocenters. The first-order chi connectivity index (χ1) is 12.1. The first kappa shape index (κ1) is 20.1. The fourth-order valence-electron chi connectivity index (χ4n) is 1.93. The van der Waals surface area contributed by atoms with Crippen molar-refractivity contribution in [1.29, 1.82) is 0 Å². The minimum Gasteiger partial charge on any atom is -0.449 e. The number of carbonyl (C=O) groups is 2. The van der Waals surface area contributed by atoms with E-state index in [0.717, 1.165) is 18.2 Å². The molecule has 0 spiro atoms. The Balaban J connectivity index is 2.05. The summed E-state index contributed by atoms with van der Waals surface area (Å²) in [6.07, 6.45) is -5.85. The van der Waals surface area contributed by atoms with Crippen molar-refractivity contribution in [2.24, 2.45) is 0 Å².